The van der Waals surface area contributed by atoms with E-state index in [4.69, 9.17) is 5.73 Å². The number of nitrogens with one attached hydrogen (secondary N) is 1. The summed E-state index contributed by atoms with van der Waals surface area (Å²) < 4.78 is 0. The molecule has 100 valence electrons. The average Bonchev–Trinajstić information content (AvgIpc) is 2.77. The lowest BCUT2D eigenvalue weighted by atomic mass is 10.2. The van der Waals surface area contributed by atoms with Crippen LogP contribution in [0.15, 0.2) is 6.33 Å². The summed E-state index contributed by atoms with van der Waals surface area (Å²) in [7, 11) is 0. The zero-order chi connectivity index (χ0) is 13.0. The molecule has 0 spiro atoms. The van der Waals surface area contributed by atoms with Gasteiger partial charge in [0.15, 0.2) is 0 Å². The third-order valence-electron chi connectivity index (χ3n) is 3.46. The molecule has 0 saturated heterocycles. The Kier molecular flexibility index (Phi) is 4.69. The quantitative estimate of drug-likeness (QED) is 0.858. The lowest BCUT2D eigenvalue weighted by molar-refractivity contribution is 0.748. The number of nitrogen functional groups attached to an aromatic ring is 1. The maximum atomic E-state index is 5.89. The van der Waals surface area contributed by atoms with Gasteiger partial charge in [-0.05, 0) is 31.4 Å². The molecule has 3 N–H and O–H groups in total. The van der Waals surface area contributed by atoms with Crippen molar-refractivity contribution in [1.29, 1.82) is 0 Å². The van der Waals surface area contributed by atoms with Crippen molar-refractivity contribution in [2.24, 2.45) is 0 Å². The summed E-state index contributed by atoms with van der Waals surface area (Å²) in [5.74, 6) is 2.74. The van der Waals surface area contributed by atoms with Gasteiger partial charge in [0.2, 0.25) is 0 Å². The van der Waals surface area contributed by atoms with Crippen LogP contribution in [-0.4, -0.2) is 27.0 Å². The fourth-order valence-electron chi connectivity index (χ4n) is 2.55. The summed E-state index contributed by atoms with van der Waals surface area (Å²) in [6.45, 7) is 4.32. The second-order valence-corrected chi connectivity index (χ2v) is 6.25. The third kappa shape index (κ3) is 3.07. The van der Waals surface area contributed by atoms with Crippen LogP contribution in [0, 0.1) is 0 Å². The summed E-state index contributed by atoms with van der Waals surface area (Å²) in [6, 6.07) is 0.536. The Labute approximate surface area is 113 Å². The van der Waals surface area contributed by atoms with Crippen molar-refractivity contribution >= 4 is 23.4 Å². The molecule has 1 heterocycles. The third-order valence-corrected chi connectivity index (χ3v) is 4.69. The maximum Gasteiger partial charge on any atom is 0.134 e. The number of aromatic nitrogens is 2. The minimum absolute atomic E-state index is 0.536. The van der Waals surface area contributed by atoms with Gasteiger partial charge in [0.25, 0.3) is 0 Å². The summed E-state index contributed by atoms with van der Waals surface area (Å²) >= 11 is 2.07. The highest BCUT2D eigenvalue weighted by Crippen LogP contribution is 2.32. The number of anilines is 2. The Morgan fingerprint density at radius 3 is 2.94 bits per heavy atom. The minimum Gasteiger partial charge on any atom is -0.383 e. The van der Waals surface area contributed by atoms with Crippen molar-refractivity contribution in [3.8, 4) is 0 Å². The highest BCUT2D eigenvalue weighted by atomic mass is 32.2. The molecule has 0 amide bonds. The van der Waals surface area contributed by atoms with E-state index in [1.54, 1.807) is 6.33 Å². The molecule has 1 fully saturated rings. The highest BCUT2D eigenvalue weighted by Gasteiger charge is 2.25. The fraction of sp³-hybridized carbons (Fsp3) is 0.692. The van der Waals surface area contributed by atoms with Crippen LogP contribution in [0.25, 0.3) is 0 Å². The monoisotopic (exact) mass is 266 g/mol. The maximum absolute atomic E-state index is 5.89. The van der Waals surface area contributed by atoms with Crippen LogP contribution in [0.1, 0.15) is 38.7 Å². The van der Waals surface area contributed by atoms with E-state index in [9.17, 15) is 0 Å². The van der Waals surface area contributed by atoms with Crippen LogP contribution in [0.5, 0.6) is 0 Å². The second-order valence-electron chi connectivity index (χ2n) is 4.67. The predicted octanol–water partition coefficient (Wildman–Crippen LogP) is 2.71. The smallest absolute Gasteiger partial charge is 0.134 e. The Morgan fingerprint density at radius 2 is 2.22 bits per heavy atom. The van der Waals surface area contributed by atoms with Gasteiger partial charge in [-0.1, -0.05) is 13.8 Å². The van der Waals surface area contributed by atoms with E-state index in [1.807, 2.05) is 0 Å². The molecular formula is C13H22N4S. The van der Waals surface area contributed by atoms with E-state index in [2.05, 4.69) is 40.9 Å². The van der Waals surface area contributed by atoms with Crippen LogP contribution in [0.2, 0.25) is 0 Å². The molecule has 2 atom stereocenters. The van der Waals surface area contributed by atoms with Gasteiger partial charge in [-0.3, -0.25) is 0 Å². The first kappa shape index (κ1) is 13.5. The van der Waals surface area contributed by atoms with Gasteiger partial charge in [0, 0.05) is 16.9 Å². The van der Waals surface area contributed by atoms with E-state index < -0.39 is 0 Å². The first-order chi connectivity index (χ1) is 8.74. The van der Waals surface area contributed by atoms with Crippen molar-refractivity contribution in [1.82, 2.24) is 9.97 Å². The number of rotatable bonds is 5. The van der Waals surface area contributed by atoms with Crippen molar-refractivity contribution in [2.75, 3.05) is 16.8 Å². The molecule has 2 rings (SSSR count). The molecule has 0 aromatic carbocycles. The van der Waals surface area contributed by atoms with Gasteiger partial charge < -0.3 is 11.1 Å². The molecular weight excluding hydrogens is 244 g/mol. The zero-order valence-corrected chi connectivity index (χ0v) is 12.0. The Hall–Kier alpha value is -0.970. The number of thioether (sulfide) groups is 1. The molecule has 1 aromatic rings. The van der Waals surface area contributed by atoms with Gasteiger partial charge in [-0.2, -0.15) is 11.8 Å². The first-order valence-corrected chi connectivity index (χ1v) is 7.76. The minimum atomic E-state index is 0.536. The standard InChI is InChI=1S/C13H22N4S/c1-3-11-12(14)15-8-16-13(11)17-9-5-6-10(7-9)18-4-2/h8-10H,3-7H2,1-2H3,(H3,14,15,16,17). The predicted molar refractivity (Wildman–Crippen MR) is 79.0 cm³/mol. The lowest BCUT2D eigenvalue weighted by Gasteiger charge is -2.16. The topological polar surface area (TPSA) is 63.8 Å². The van der Waals surface area contributed by atoms with Crippen molar-refractivity contribution in [3.05, 3.63) is 11.9 Å². The Bertz CT molecular complexity index is 397. The van der Waals surface area contributed by atoms with E-state index in [0.717, 1.165) is 23.1 Å². The molecule has 0 radical (unpaired) electrons. The SMILES string of the molecule is CCSC1CCC(Nc2ncnc(N)c2CC)C1. The Morgan fingerprint density at radius 1 is 1.39 bits per heavy atom. The molecule has 1 aromatic heterocycles. The molecule has 5 heteroatoms. The van der Waals surface area contributed by atoms with Crippen molar-refractivity contribution in [3.63, 3.8) is 0 Å². The normalized spacial score (nSPS) is 23.2. The summed E-state index contributed by atoms with van der Waals surface area (Å²) in [5.41, 5.74) is 6.93. The van der Waals surface area contributed by atoms with Crippen LogP contribution >= 0.6 is 11.8 Å². The van der Waals surface area contributed by atoms with E-state index in [0.29, 0.717) is 11.9 Å². The Balaban J connectivity index is 2.00. The lowest BCUT2D eigenvalue weighted by Crippen LogP contribution is -2.19. The summed E-state index contributed by atoms with van der Waals surface area (Å²) in [6.07, 6.45) is 6.17. The molecule has 0 bridgehead atoms. The fourth-order valence-corrected chi connectivity index (χ4v) is 3.69. The number of hydrogen-bond acceptors (Lipinski definition) is 5. The largest absolute Gasteiger partial charge is 0.383 e. The zero-order valence-electron chi connectivity index (χ0n) is 11.1. The van der Waals surface area contributed by atoms with Gasteiger partial charge in [0.1, 0.15) is 18.0 Å². The van der Waals surface area contributed by atoms with Crippen LogP contribution in [0.4, 0.5) is 11.6 Å². The molecule has 0 aliphatic heterocycles. The van der Waals surface area contributed by atoms with Gasteiger partial charge >= 0.3 is 0 Å². The summed E-state index contributed by atoms with van der Waals surface area (Å²) in [4.78, 5) is 8.39. The number of nitrogens with two attached hydrogens (primary N) is 1. The van der Waals surface area contributed by atoms with Crippen LogP contribution < -0.4 is 11.1 Å². The molecule has 1 aliphatic rings. The van der Waals surface area contributed by atoms with Crippen molar-refractivity contribution < 1.29 is 0 Å². The number of nitrogens with zero attached hydrogens (tertiary/aromatic N) is 2. The van der Waals surface area contributed by atoms with Crippen LogP contribution in [0.3, 0.4) is 0 Å². The molecule has 1 saturated carbocycles. The van der Waals surface area contributed by atoms with E-state index in [1.165, 1.54) is 25.0 Å². The van der Waals surface area contributed by atoms with Gasteiger partial charge in [-0.25, -0.2) is 9.97 Å². The second kappa shape index (κ2) is 6.27. The molecule has 18 heavy (non-hydrogen) atoms. The molecule has 2 unspecified atom stereocenters. The summed E-state index contributed by atoms with van der Waals surface area (Å²) in [5, 5.41) is 4.35. The van der Waals surface area contributed by atoms with Gasteiger partial charge in [0.05, 0.1) is 0 Å². The number of hydrogen-bond donors (Lipinski definition) is 2. The molecule has 1 aliphatic carbocycles. The van der Waals surface area contributed by atoms with E-state index >= 15 is 0 Å². The van der Waals surface area contributed by atoms with Crippen LogP contribution in [-0.2, 0) is 6.42 Å². The highest BCUT2D eigenvalue weighted by molar-refractivity contribution is 7.99. The first-order valence-electron chi connectivity index (χ1n) is 6.72. The van der Waals surface area contributed by atoms with E-state index in [-0.39, 0.29) is 0 Å². The van der Waals surface area contributed by atoms with Crippen molar-refractivity contribution in [2.45, 2.75) is 50.8 Å². The molecule has 4 nitrogen and oxygen atoms in total. The van der Waals surface area contributed by atoms with Gasteiger partial charge in [-0.15, -0.1) is 0 Å². The average molecular weight is 266 g/mol.